The summed E-state index contributed by atoms with van der Waals surface area (Å²) in [5.41, 5.74) is 0. The number of carbonyl (C=O) groups excluding carboxylic acids is 3. The average Bonchev–Trinajstić information content (AvgIpc) is 2.53. The molecule has 124 valence electrons. The molecule has 0 heterocycles. The molecule has 0 spiro atoms. The SMILES string of the molecule is CC[C@H](C)NC(=O)NC(=O)COC(=O)/C=C/Sc1ccccc1. The highest BCUT2D eigenvalue weighted by atomic mass is 32.2. The third-order valence-electron chi connectivity index (χ3n) is 2.74. The predicted molar refractivity (Wildman–Crippen MR) is 88.8 cm³/mol. The molecule has 3 amide bonds. The second-order valence-electron chi connectivity index (χ2n) is 4.67. The largest absolute Gasteiger partial charge is 0.452 e. The molecular weight excluding hydrogens is 316 g/mol. The zero-order chi connectivity index (χ0) is 17.1. The van der Waals surface area contributed by atoms with E-state index >= 15 is 0 Å². The summed E-state index contributed by atoms with van der Waals surface area (Å²) in [4.78, 5) is 35.3. The molecule has 23 heavy (non-hydrogen) atoms. The van der Waals surface area contributed by atoms with E-state index in [0.29, 0.717) is 0 Å². The van der Waals surface area contributed by atoms with Crippen LogP contribution in [0.1, 0.15) is 20.3 Å². The monoisotopic (exact) mass is 336 g/mol. The van der Waals surface area contributed by atoms with Crippen LogP contribution in [0.4, 0.5) is 4.79 Å². The zero-order valence-electron chi connectivity index (χ0n) is 13.1. The Morgan fingerprint density at radius 2 is 1.96 bits per heavy atom. The molecule has 1 aromatic rings. The first-order valence-corrected chi connectivity index (χ1v) is 8.04. The number of hydrogen-bond acceptors (Lipinski definition) is 5. The number of urea groups is 1. The van der Waals surface area contributed by atoms with Gasteiger partial charge in [0.05, 0.1) is 0 Å². The smallest absolute Gasteiger partial charge is 0.331 e. The Morgan fingerprint density at radius 3 is 2.61 bits per heavy atom. The van der Waals surface area contributed by atoms with Crippen LogP contribution in [0.5, 0.6) is 0 Å². The topological polar surface area (TPSA) is 84.5 Å². The van der Waals surface area contributed by atoms with Gasteiger partial charge in [0, 0.05) is 17.0 Å². The van der Waals surface area contributed by atoms with Crippen molar-refractivity contribution in [2.75, 3.05) is 6.61 Å². The van der Waals surface area contributed by atoms with Crippen LogP contribution < -0.4 is 10.6 Å². The minimum Gasteiger partial charge on any atom is -0.452 e. The number of thioether (sulfide) groups is 1. The van der Waals surface area contributed by atoms with E-state index in [9.17, 15) is 14.4 Å². The fourth-order valence-electron chi connectivity index (χ4n) is 1.38. The first kappa shape index (κ1) is 18.8. The maximum absolute atomic E-state index is 11.4. The summed E-state index contributed by atoms with van der Waals surface area (Å²) in [7, 11) is 0. The van der Waals surface area contributed by atoms with Gasteiger partial charge in [-0.2, -0.15) is 0 Å². The second kappa shape index (κ2) is 10.4. The molecule has 0 saturated heterocycles. The van der Waals surface area contributed by atoms with Crippen molar-refractivity contribution in [3.63, 3.8) is 0 Å². The molecule has 0 saturated carbocycles. The number of carbonyl (C=O) groups is 3. The average molecular weight is 336 g/mol. The molecule has 1 aromatic carbocycles. The zero-order valence-corrected chi connectivity index (χ0v) is 13.9. The first-order valence-electron chi connectivity index (χ1n) is 7.16. The van der Waals surface area contributed by atoms with Crippen LogP contribution in [-0.2, 0) is 14.3 Å². The minimum absolute atomic E-state index is 0.0386. The van der Waals surface area contributed by atoms with Crippen molar-refractivity contribution >= 4 is 29.7 Å². The Hall–Kier alpha value is -2.28. The lowest BCUT2D eigenvalue weighted by molar-refractivity contribution is -0.143. The van der Waals surface area contributed by atoms with Crippen molar-refractivity contribution < 1.29 is 19.1 Å². The van der Waals surface area contributed by atoms with Crippen molar-refractivity contribution in [3.8, 4) is 0 Å². The van der Waals surface area contributed by atoms with Crippen LogP contribution in [0.3, 0.4) is 0 Å². The summed E-state index contributed by atoms with van der Waals surface area (Å²) in [6.07, 6.45) is 1.98. The summed E-state index contributed by atoms with van der Waals surface area (Å²) < 4.78 is 4.74. The van der Waals surface area contributed by atoms with Crippen LogP contribution >= 0.6 is 11.8 Å². The molecule has 0 fully saturated rings. The molecule has 0 radical (unpaired) electrons. The number of hydrogen-bond donors (Lipinski definition) is 2. The van der Waals surface area contributed by atoms with Crippen molar-refractivity contribution in [2.24, 2.45) is 0 Å². The van der Waals surface area contributed by atoms with Crippen LogP contribution in [-0.4, -0.2) is 30.6 Å². The molecule has 7 heteroatoms. The third-order valence-corrected chi connectivity index (χ3v) is 3.56. The van der Waals surface area contributed by atoms with Crippen LogP contribution in [0.15, 0.2) is 46.7 Å². The van der Waals surface area contributed by atoms with Crippen LogP contribution in [0.2, 0.25) is 0 Å². The Labute approximate surface area is 139 Å². The first-order chi connectivity index (χ1) is 11.0. The van der Waals surface area contributed by atoms with Crippen LogP contribution in [0, 0.1) is 0 Å². The van der Waals surface area contributed by atoms with Gasteiger partial charge in [-0.05, 0) is 30.9 Å². The van der Waals surface area contributed by atoms with Crippen LogP contribution in [0.25, 0.3) is 0 Å². The molecule has 0 bridgehead atoms. The number of ether oxygens (including phenoxy) is 1. The van der Waals surface area contributed by atoms with E-state index in [4.69, 9.17) is 4.74 Å². The molecular formula is C16H20N2O4S. The van der Waals surface area contributed by atoms with Gasteiger partial charge in [-0.25, -0.2) is 9.59 Å². The van der Waals surface area contributed by atoms with Gasteiger partial charge >= 0.3 is 12.0 Å². The number of esters is 1. The molecule has 1 atom stereocenters. The minimum atomic E-state index is -0.678. The summed E-state index contributed by atoms with van der Waals surface area (Å²) >= 11 is 1.36. The van der Waals surface area contributed by atoms with E-state index < -0.39 is 24.5 Å². The maximum Gasteiger partial charge on any atom is 0.331 e. The standard InChI is InChI=1S/C16H20N2O4S/c1-3-12(2)17-16(21)18-14(19)11-22-15(20)9-10-23-13-7-5-4-6-8-13/h4-10,12H,3,11H2,1-2H3,(H2,17,18,19,21)/b10-9+/t12-/m0/s1. The van der Waals surface area contributed by atoms with Crippen molar-refractivity contribution in [1.82, 2.24) is 10.6 Å². The Kier molecular flexibility index (Phi) is 8.52. The normalized spacial score (nSPS) is 11.7. The number of nitrogens with one attached hydrogen (secondary N) is 2. The number of benzene rings is 1. The van der Waals surface area contributed by atoms with Gasteiger partial charge in [0.25, 0.3) is 5.91 Å². The number of rotatable bonds is 7. The Morgan fingerprint density at radius 1 is 1.26 bits per heavy atom. The molecule has 0 aliphatic rings. The van der Waals surface area contributed by atoms with Gasteiger partial charge in [0.1, 0.15) is 0 Å². The van der Waals surface area contributed by atoms with Gasteiger partial charge in [0.15, 0.2) is 6.61 Å². The molecule has 0 unspecified atom stereocenters. The Balaban J connectivity index is 2.24. The van der Waals surface area contributed by atoms with Gasteiger partial charge in [0.2, 0.25) is 0 Å². The summed E-state index contributed by atoms with van der Waals surface area (Å²) in [6, 6.07) is 8.86. The van der Waals surface area contributed by atoms with E-state index in [1.54, 1.807) is 5.41 Å². The lowest BCUT2D eigenvalue weighted by Crippen LogP contribution is -2.44. The van der Waals surface area contributed by atoms with Crippen molar-refractivity contribution in [2.45, 2.75) is 31.2 Å². The fraction of sp³-hybridized carbons (Fsp3) is 0.312. The van der Waals surface area contributed by atoms with Crippen molar-refractivity contribution in [1.29, 1.82) is 0 Å². The Bertz CT molecular complexity index is 560. The molecule has 1 rings (SSSR count). The summed E-state index contributed by atoms with van der Waals surface area (Å²) in [6.45, 7) is 3.22. The molecule has 6 nitrogen and oxygen atoms in total. The van der Waals surface area contributed by atoms with E-state index in [-0.39, 0.29) is 6.04 Å². The lowest BCUT2D eigenvalue weighted by Gasteiger charge is -2.11. The number of imide groups is 1. The molecule has 2 N–H and O–H groups in total. The predicted octanol–water partition coefficient (Wildman–Crippen LogP) is 2.46. The van der Waals surface area contributed by atoms with Gasteiger partial charge in [-0.15, -0.1) is 0 Å². The highest BCUT2D eigenvalue weighted by Crippen LogP contribution is 2.17. The van der Waals surface area contributed by atoms with Gasteiger partial charge in [-0.1, -0.05) is 36.9 Å². The highest BCUT2D eigenvalue weighted by molar-refractivity contribution is 8.02. The number of amides is 3. The van der Waals surface area contributed by atoms with Gasteiger partial charge in [-0.3, -0.25) is 10.1 Å². The molecule has 0 aromatic heterocycles. The third kappa shape index (κ3) is 8.67. The summed E-state index contributed by atoms with van der Waals surface area (Å²) in [5.74, 6) is -1.32. The second-order valence-corrected chi connectivity index (χ2v) is 5.65. The van der Waals surface area contributed by atoms with Crippen molar-refractivity contribution in [3.05, 3.63) is 41.8 Å². The fourth-order valence-corrected chi connectivity index (χ4v) is 2.03. The maximum atomic E-state index is 11.4. The highest BCUT2D eigenvalue weighted by Gasteiger charge is 2.11. The van der Waals surface area contributed by atoms with E-state index in [1.165, 1.54) is 17.8 Å². The van der Waals surface area contributed by atoms with E-state index in [0.717, 1.165) is 11.3 Å². The molecule has 0 aliphatic carbocycles. The molecule has 0 aliphatic heterocycles. The lowest BCUT2D eigenvalue weighted by atomic mass is 10.3. The van der Waals surface area contributed by atoms with E-state index in [2.05, 4.69) is 10.6 Å². The summed E-state index contributed by atoms with van der Waals surface area (Å²) in [5, 5.41) is 6.23. The van der Waals surface area contributed by atoms with E-state index in [1.807, 2.05) is 44.2 Å². The van der Waals surface area contributed by atoms with Gasteiger partial charge < -0.3 is 10.1 Å². The quantitative estimate of drug-likeness (QED) is 0.454.